The molecule has 1 N–H and O–H groups in total. The molecular weight excluding hydrogens is 260 g/mol. The second-order valence-corrected chi connectivity index (χ2v) is 6.59. The fraction of sp³-hybridized carbons (Fsp3) is 0.571. The maximum atomic E-state index is 11.6. The van der Waals surface area contributed by atoms with E-state index in [1.165, 1.54) is 10.6 Å². The van der Waals surface area contributed by atoms with Gasteiger partial charge in [-0.25, -0.2) is 0 Å². The van der Waals surface area contributed by atoms with E-state index in [2.05, 4.69) is 17.3 Å². The number of thioether (sulfide) groups is 1. The number of carbonyl (C=O) groups excluding carboxylic acids is 2. The fourth-order valence-electron chi connectivity index (χ4n) is 2.45. The van der Waals surface area contributed by atoms with Crippen molar-refractivity contribution < 1.29 is 9.59 Å². The monoisotopic (exact) mass is 278 g/mol. The van der Waals surface area contributed by atoms with E-state index in [4.69, 9.17) is 0 Å². The van der Waals surface area contributed by atoms with Gasteiger partial charge in [-0.1, -0.05) is 0 Å². The van der Waals surface area contributed by atoms with Crippen molar-refractivity contribution in [3.63, 3.8) is 0 Å². The minimum atomic E-state index is 0.183. The van der Waals surface area contributed by atoms with Crippen molar-refractivity contribution >= 4 is 23.5 Å². The number of allylic oxidation sites excluding steroid dienone is 3. The third-order valence-electron chi connectivity index (χ3n) is 3.78. The van der Waals surface area contributed by atoms with Crippen LogP contribution >= 0.6 is 11.8 Å². The van der Waals surface area contributed by atoms with E-state index in [-0.39, 0.29) is 17.6 Å². The van der Waals surface area contributed by atoms with Gasteiger partial charge in [0, 0.05) is 36.5 Å². The molecule has 1 saturated carbocycles. The summed E-state index contributed by atoms with van der Waals surface area (Å²) >= 11 is 1.76. The summed E-state index contributed by atoms with van der Waals surface area (Å²) in [5.41, 5.74) is 1.17. The SMILES string of the molecule is CN1C2=C(CC(=O)C=C2)SC1CCNC(=O)C1CC1. The van der Waals surface area contributed by atoms with Crippen LogP contribution in [0.5, 0.6) is 0 Å². The Bertz CT molecular complexity index is 480. The molecule has 0 saturated heterocycles. The second-order valence-electron chi connectivity index (χ2n) is 5.32. The number of hydrogen-bond acceptors (Lipinski definition) is 4. The van der Waals surface area contributed by atoms with Gasteiger partial charge < -0.3 is 10.2 Å². The molecule has 102 valence electrons. The number of rotatable bonds is 4. The number of amides is 1. The van der Waals surface area contributed by atoms with Gasteiger partial charge in [0.2, 0.25) is 5.91 Å². The van der Waals surface area contributed by atoms with E-state index >= 15 is 0 Å². The number of nitrogens with zero attached hydrogens (tertiary/aromatic N) is 1. The first kappa shape index (κ1) is 12.8. The highest BCUT2D eigenvalue weighted by Gasteiger charge is 2.32. The Kier molecular flexibility index (Phi) is 3.39. The molecule has 3 rings (SSSR count). The van der Waals surface area contributed by atoms with Gasteiger partial charge in [-0.15, -0.1) is 11.8 Å². The van der Waals surface area contributed by atoms with Crippen molar-refractivity contribution in [3.8, 4) is 0 Å². The maximum absolute atomic E-state index is 11.6. The number of hydrogen-bond donors (Lipinski definition) is 1. The Labute approximate surface area is 117 Å². The largest absolute Gasteiger partial charge is 0.362 e. The molecule has 0 radical (unpaired) electrons. The smallest absolute Gasteiger partial charge is 0.223 e. The molecule has 3 aliphatic rings. The topological polar surface area (TPSA) is 49.4 Å². The molecule has 1 amide bonds. The first-order valence-corrected chi connectivity index (χ1v) is 7.64. The van der Waals surface area contributed by atoms with Crippen LogP contribution in [-0.2, 0) is 9.59 Å². The fourth-order valence-corrected chi connectivity index (χ4v) is 3.84. The van der Waals surface area contributed by atoms with E-state index in [0.29, 0.717) is 11.8 Å². The molecule has 1 aliphatic heterocycles. The Hall–Kier alpha value is -1.23. The van der Waals surface area contributed by atoms with Crippen molar-refractivity contribution in [1.29, 1.82) is 0 Å². The van der Waals surface area contributed by atoms with Crippen molar-refractivity contribution in [2.75, 3.05) is 13.6 Å². The molecule has 0 spiro atoms. The molecule has 0 aromatic rings. The Morgan fingerprint density at radius 1 is 1.47 bits per heavy atom. The molecule has 0 aromatic carbocycles. The molecule has 1 heterocycles. The predicted octanol–water partition coefficient (Wildman–Crippen LogP) is 1.65. The third-order valence-corrected chi connectivity index (χ3v) is 5.24. The van der Waals surface area contributed by atoms with Crippen LogP contribution in [0.15, 0.2) is 22.8 Å². The Morgan fingerprint density at radius 2 is 2.26 bits per heavy atom. The molecule has 1 unspecified atom stereocenters. The molecule has 0 aromatic heterocycles. The number of likely N-dealkylation sites (N-methyl/N-ethyl adjacent to an activating group) is 1. The van der Waals surface area contributed by atoms with Crippen molar-refractivity contribution in [2.45, 2.75) is 31.1 Å². The van der Waals surface area contributed by atoms with Crippen LogP contribution in [0.2, 0.25) is 0 Å². The van der Waals surface area contributed by atoms with Crippen LogP contribution in [0.3, 0.4) is 0 Å². The molecule has 1 fully saturated rings. The van der Waals surface area contributed by atoms with E-state index in [0.717, 1.165) is 25.8 Å². The molecule has 5 heteroatoms. The van der Waals surface area contributed by atoms with Crippen LogP contribution in [0.4, 0.5) is 0 Å². The van der Waals surface area contributed by atoms with Crippen molar-refractivity contribution in [1.82, 2.24) is 10.2 Å². The lowest BCUT2D eigenvalue weighted by Crippen LogP contribution is -2.31. The van der Waals surface area contributed by atoms with Gasteiger partial charge in [0.15, 0.2) is 5.78 Å². The third kappa shape index (κ3) is 2.71. The Balaban J connectivity index is 1.50. The van der Waals surface area contributed by atoms with Gasteiger partial charge in [0.1, 0.15) is 0 Å². The van der Waals surface area contributed by atoms with Gasteiger partial charge in [0.05, 0.1) is 5.37 Å². The van der Waals surface area contributed by atoms with Crippen molar-refractivity contribution in [3.05, 3.63) is 22.8 Å². The average molecular weight is 278 g/mol. The van der Waals surface area contributed by atoms with E-state index in [9.17, 15) is 9.59 Å². The number of carbonyl (C=O) groups is 2. The zero-order chi connectivity index (χ0) is 13.4. The molecule has 19 heavy (non-hydrogen) atoms. The highest BCUT2D eigenvalue weighted by molar-refractivity contribution is 8.03. The summed E-state index contributed by atoms with van der Waals surface area (Å²) < 4.78 is 0. The summed E-state index contributed by atoms with van der Waals surface area (Å²) in [6, 6.07) is 0. The van der Waals surface area contributed by atoms with Crippen LogP contribution in [0.1, 0.15) is 25.7 Å². The van der Waals surface area contributed by atoms with Gasteiger partial charge in [0.25, 0.3) is 0 Å². The van der Waals surface area contributed by atoms with Crippen LogP contribution in [0.25, 0.3) is 0 Å². The molecule has 1 atom stereocenters. The summed E-state index contributed by atoms with van der Waals surface area (Å²) in [4.78, 5) is 26.3. The number of ketones is 1. The maximum Gasteiger partial charge on any atom is 0.223 e. The van der Waals surface area contributed by atoms with Gasteiger partial charge in [-0.2, -0.15) is 0 Å². The minimum absolute atomic E-state index is 0.183. The summed E-state index contributed by atoms with van der Waals surface area (Å²) in [5.74, 6) is 0.668. The van der Waals surface area contributed by atoms with E-state index in [1.54, 1.807) is 17.8 Å². The molecular formula is C14H18N2O2S. The first-order valence-electron chi connectivity index (χ1n) is 6.76. The van der Waals surface area contributed by atoms with Gasteiger partial charge in [-0.3, -0.25) is 9.59 Å². The first-order chi connectivity index (χ1) is 9.15. The molecule has 4 nitrogen and oxygen atoms in total. The summed E-state index contributed by atoms with van der Waals surface area (Å²) in [7, 11) is 2.06. The summed E-state index contributed by atoms with van der Waals surface area (Å²) in [6.07, 6.45) is 7.11. The lowest BCUT2D eigenvalue weighted by Gasteiger charge is -2.23. The standard InChI is InChI=1S/C14H18N2O2S/c1-16-11-5-4-10(17)8-12(11)19-13(16)6-7-15-14(18)9-2-3-9/h4-5,9,13H,2-3,6-8H2,1H3,(H,15,18). The summed E-state index contributed by atoms with van der Waals surface area (Å²) in [5, 5.41) is 3.33. The van der Waals surface area contributed by atoms with E-state index in [1.807, 2.05) is 6.08 Å². The lowest BCUT2D eigenvalue weighted by atomic mass is 10.1. The summed E-state index contributed by atoms with van der Waals surface area (Å²) in [6.45, 7) is 0.718. The van der Waals surface area contributed by atoms with Crippen LogP contribution < -0.4 is 5.32 Å². The zero-order valence-corrected chi connectivity index (χ0v) is 11.8. The molecule has 0 bridgehead atoms. The predicted molar refractivity (Wildman–Crippen MR) is 75.3 cm³/mol. The normalized spacial score (nSPS) is 25.8. The van der Waals surface area contributed by atoms with Crippen molar-refractivity contribution in [2.24, 2.45) is 5.92 Å². The van der Waals surface area contributed by atoms with Crippen LogP contribution in [0, 0.1) is 5.92 Å². The highest BCUT2D eigenvalue weighted by atomic mass is 32.2. The quantitative estimate of drug-likeness (QED) is 0.849. The zero-order valence-electron chi connectivity index (χ0n) is 11.0. The highest BCUT2D eigenvalue weighted by Crippen LogP contribution is 2.42. The van der Waals surface area contributed by atoms with Gasteiger partial charge in [-0.05, 0) is 31.4 Å². The minimum Gasteiger partial charge on any atom is -0.362 e. The van der Waals surface area contributed by atoms with Crippen LogP contribution in [-0.4, -0.2) is 35.6 Å². The average Bonchev–Trinajstić information content (AvgIpc) is 3.17. The van der Waals surface area contributed by atoms with Gasteiger partial charge >= 0.3 is 0 Å². The lowest BCUT2D eigenvalue weighted by molar-refractivity contribution is -0.122. The van der Waals surface area contributed by atoms with E-state index < -0.39 is 0 Å². The number of nitrogens with one attached hydrogen (secondary N) is 1. The Morgan fingerprint density at radius 3 is 3.00 bits per heavy atom. The molecule has 2 aliphatic carbocycles. The second kappa shape index (κ2) is 5.04.